The highest BCUT2D eigenvalue weighted by Crippen LogP contribution is 2.34. The van der Waals surface area contributed by atoms with Crippen LogP contribution in [0.15, 0.2) is 42.5 Å². The van der Waals surface area contributed by atoms with E-state index >= 15 is 0 Å². The average molecular weight is 284 g/mol. The Hall–Kier alpha value is -2.86. The van der Waals surface area contributed by atoms with Crippen LogP contribution in [-0.4, -0.2) is 21.9 Å². The lowest BCUT2D eigenvalue weighted by molar-refractivity contribution is 0.0164. The van der Waals surface area contributed by atoms with E-state index in [9.17, 15) is 19.8 Å². The summed E-state index contributed by atoms with van der Waals surface area (Å²) in [6.45, 7) is 0. The van der Waals surface area contributed by atoms with Gasteiger partial charge < -0.3 is 21.3 Å². The number of aromatic hydroxyl groups is 1. The van der Waals surface area contributed by atoms with Crippen LogP contribution in [0.1, 0.15) is 26.3 Å². The van der Waals surface area contributed by atoms with Gasteiger partial charge in [-0.2, -0.15) is 0 Å². The van der Waals surface area contributed by atoms with Gasteiger partial charge in [0.1, 0.15) is 5.75 Å². The fourth-order valence-corrected chi connectivity index (χ4v) is 2.41. The smallest absolute Gasteiger partial charge is 0.254 e. The number of amides is 1. The van der Waals surface area contributed by atoms with E-state index in [4.69, 9.17) is 5.73 Å². The standard InChI is InChI=1S/C15H12N2O4/c16-8-5-6-10(12(18)7-8)13(19)15(21)11-4-2-1-3-9(11)14(20)17-15/h1-7,18,21H,16H2,(H,17,20). The fourth-order valence-electron chi connectivity index (χ4n) is 2.41. The molecule has 1 aliphatic rings. The van der Waals surface area contributed by atoms with Crippen molar-refractivity contribution in [1.82, 2.24) is 5.32 Å². The summed E-state index contributed by atoms with van der Waals surface area (Å²) < 4.78 is 0. The Morgan fingerprint density at radius 3 is 2.62 bits per heavy atom. The van der Waals surface area contributed by atoms with Gasteiger partial charge in [-0.3, -0.25) is 9.59 Å². The number of anilines is 1. The molecule has 0 saturated carbocycles. The third-order valence-corrected chi connectivity index (χ3v) is 3.45. The normalized spacial score (nSPS) is 20.0. The minimum atomic E-state index is -2.19. The summed E-state index contributed by atoms with van der Waals surface area (Å²) in [5.41, 5.74) is 3.87. The number of aliphatic hydroxyl groups is 1. The second-order valence-electron chi connectivity index (χ2n) is 4.82. The van der Waals surface area contributed by atoms with Gasteiger partial charge in [0.25, 0.3) is 5.91 Å². The number of nitrogens with one attached hydrogen (secondary N) is 1. The van der Waals surface area contributed by atoms with E-state index in [1.54, 1.807) is 12.1 Å². The Bertz CT molecular complexity index is 772. The minimum absolute atomic E-state index is 0.122. The first-order chi connectivity index (χ1) is 9.93. The number of ketones is 1. The first-order valence-electron chi connectivity index (χ1n) is 6.21. The average Bonchev–Trinajstić information content (AvgIpc) is 2.72. The number of rotatable bonds is 2. The molecule has 0 aliphatic carbocycles. The molecule has 21 heavy (non-hydrogen) atoms. The largest absolute Gasteiger partial charge is 0.507 e. The number of hydrogen-bond acceptors (Lipinski definition) is 5. The number of phenolic OH excluding ortho intramolecular Hbond substituents is 1. The monoisotopic (exact) mass is 284 g/mol. The molecule has 0 aromatic heterocycles. The van der Waals surface area contributed by atoms with Gasteiger partial charge in [-0.15, -0.1) is 0 Å². The Balaban J connectivity index is 2.12. The number of benzene rings is 2. The van der Waals surface area contributed by atoms with Crippen molar-refractivity contribution in [3.05, 3.63) is 59.2 Å². The summed E-state index contributed by atoms with van der Waals surface area (Å²) in [4.78, 5) is 24.4. The van der Waals surface area contributed by atoms with Crippen LogP contribution >= 0.6 is 0 Å². The molecule has 1 unspecified atom stereocenters. The molecule has 0 radical (unpaired) electrons. The Morgan fingerprint density at radius 2 is 1.90 bits per heavy atom. The van der Waals surface area contributed by atoms with E-state index in [-0.39, 0.29) is 28.1 Å². The molecule has 2 aromatic carbocycles. The van der Waals surface area contributed by atoms with Crippen LogP contribution in [0.5, 0.6) is 5.75 Å². The fraction of sp³-hybridized carbons (Fsp3) is 0.0667. The van der Waals surface area contributed by atoms with Gasteiger partial charge in [-0.1, -0.05) is 18.2 Å². The number of carbonyl (C=O) groups is 2. The van der Waals surface area contributed by atoms with Gasteiger partial charge in [0.05, 0.1) is 5.56 Å². The SMILES string of the molecule is Nc1ccc(C(=O)C2(O)NC(=O)c3ccccc32)c(O)c1. The summed E-state index contributed by atoms with van der Waals surface area (Å²) >= 11 is 0. The molecule has 5 N–H and O–H groups in total. The van der Waals surface area contributed by atoms with Crippen molar-refractivity contribution in [3.63, 3.8) is 0 Å². The molecule has 106 valence electrons. The van der Waals surface area contributed by atoms with Gasteiger partial charge in [-0.05, 0) is 18.2 Å². The van der Waals surface area contributed by atoms with Gasteiger partial charge in [-0.25, -0.2) is 0 Å². The Labute approximate surface area is 119 Å². The van der Waals surface area contributed by atoms with Crippen molar-refractivity contribution in [2.24, 2.45) is 0 Å². The van der Waals surface area contributed by atoms with E-state index in [1.807, 2.05) is 0 Å². The second kappa shape index (κ2) is 4.32. The third-order valence-electron chi connectivity index (χ3n) is 3.45. The second-order valence-corrected chi connectivity index (χ2v) is 4.82. The summed E-state index contributed by atoms with van der Waals surface area (Å²) in [7, 11) is 0. The van der Waals surface area contributed by atoms with Crippen LogP contribution in [-0.2, 0) is 5.72 Å². The summed E-state index contributed by atoms with van der Waals surface area (Å²) in [5, 5.41) is 22.7. The molecule has 2 aromatic rings. The first kappa shape index (κ1) is 13.1. The zero-order chi connectivity index (χ0) is 15.2. The summed E-state index contributed by atoms with van der Waals surface area (Å²) in [6.07, 6.45) is 0. The maximum atomic E-state index is 12.5. The quantitative estimate of drug-likeness (QED) is 0.480. The maximum Gasteiger partial charge on any atom is 0.254 e. The molecule has 6 heteroatoms. The predicted molar refractivity (Wildman–Crippen MR) is 74.7 cm³/mol. The zero-order valence-electron chi connectivity index (χ0n) is 10.8. The number of Topliss-reactive ketones (excluding diaryl/α,β-unsaturated/α-hetero) is 1. The van der Waals surface area contributed by atoms with Crippen molar-refractivity contribution in [3.8, 4) is 5.75 Å². The first-order valence-corrected chi connectivity index (χ1v) is 6.21. The van der Waals surface area contributed by atoms with Crippen molar-refractivity contribution in [2.75, 3.05) is 5.73 Å². The number of phenols is 1. The van der Waals surface area contributed by atoms with Crippen LogP contribution in [0.2, 0.25) is 0 Å². The molecule has 1 amide bonds. The minimum Gasteiger partial charge on any atom is -0.507 e. The van der Waals surface area contributed by atoms with Gasteiger partial charge >= 0.3 is 0 Å². The lowest BCUT2D eigenvalue weighted by atomic mass is 9.93. The number of nitrogens with two attached hydrogens (primary N) is 1. The molecule has 1 aliphatic heterocycles. The molecule has 1 heterocycles. The van der Waals surface area contributed by atoms with E-state index in [0.29, 0.717) is 0 Å². The lowest BCUT2D eigenvalue weighted by Gasteiger charge is -2.22. The summed E-state index contributed by atoms with van der Waals surface area (Å²) in [5.74, 6) is -1.72. The van der Waals surface area contributed by atoms with Crippen LogP contribution in [0.4, 0.5) is 5.69 Å². The predicted octanol–water partition coefficient (Wildman–Crippen LogP) is 0.746. The summed E-state index contributed by atoms with van der Waals surface area (Å²) in [6, 6.07) is 10.2. The lowest BCUT2D eigenvalue weighted by Crippen LogP contribution is -2.46. The van der Waals surface area contributed by atoms with E-state index < -0.39 is 17.4 Å². The molecule has 0 saturated heterocycles. The van der Waals surface area contributed by atoms with Crippen LogP contribution in [0, 0.1) is 0 Å². The molecule has 0 bridgehead atoms. The van der Waals surface area contributed by atoms with Crippen molar-refractivity contribution < 1.29 is 19.8 Å². The van der Waals surface area contributed by atoms with E-state index in [0.717, 1.165) is 0 Å². The van der Waals surface area contributed by atoms with Gasteiger partial charge in [0.15, 0.2) is 0 Å². The number of fused-ring (bicyclic) bond motifs is 1. The molecular formula is C15H12N2O4. The maximum absolute atomic E-state index is 12.5. The molecule has 1 atom stereocenters. The van der Waals surface area contributed by atoms with Gasteiger partial charge in [0.2, 0.25) is 11.5 Å². The van der Waals surface area contributed by atoms with Crippen LogP contribution in [0.25, 0.3) is 0 Å². The van der Waals surface area contributed by atoms with Crippen molar-refractivity contribution >= 4 is 17.4 Å². The van der Waals surface area contributed by atoms with Gasteiger partial charge in [0, 0.05) is 22.9 Å². The van der Waals surface area contributed by atoms with Crippen LogP contribution < -0.4 is 11.1 Å². The highest BCUT2D eigenvalue weighted by molar-refractivity contribution is 6.12. The third kappa shape index (κ3) is 1.85. The van der Waals surface area contributed by atoms with Crippen LogP contribution in [0.3, 0.4) is 0 Å². The zero-order valence-corrected chi connectivity index (χ0v) is 10.8. The molecule has 3 rings (SSSR count). The van der Waals surface area contributed by atoms with E-state index in [2.05, 4.69) is 5.32 Å². The Morgan fingerprint density at radius 1 is 1.19 bits per heavy atom. The van der Waals surface area contributed by atoms with Crippen molar-refractivity contribution in [1.29, 1.82) is 0 Å². The highest BCUT2D eigenvalue weighted by atomic mass is 16.3. The number of carbonyl (C=O) groups excluding carboxylic acids is 2. The molecule has 0 spiro atoms. The van der Waals surface area contributed by atoms with Crippen molar-refractivity contribution in [2.45, 2.75) is 5.72 Å². The number of nitrogen functional groups attached to an aromatic ring is 1. The highest BCUT2D eigenvalue weighted by Gasteiger charge is 2.48. The molecular weight excluding hydrogens is 272 g/mol. The molecule has 6 nitrogen and oxygen atoms in total. The Kier molecular flexibility index (Phi) is 2.70. The number of hydrogen-bond donors (Lipinski definition) is 4. The molecule has 0 fully saturated rings. The van der Waals surface area contributed by atoms with E-state index in [1.165, 1.54) is 30.3 Å². The topological polar surface area (TPSA) is 113 Å².